The number of rotatable bonds is 3. The van der Waals surface area contributed by atoms with Crippen LogP contribution in [0.3, 0.4) is 0 Å². The Balaban J connectivity index is 1.42. The summed E-state index contributed by atoms with van der Waals surface area (Å²) in [6.07, 6.45) is 6.06. The average molecular weight is 395 g/mol. The molecule has 29 heavy (non-hydrogen) atoms. The standard InChI is InChI=1S/C21H19F2N5O/c22-17-5-1-4-16(20(17)23)19-11-18(25-13-26-19)14-6-9-28(10-7-14)21(29)27-15-3-2-8-24-12-15/h1-5,8,11-14H,6-7,9-10H2,(H,27,29). The first-order chi connectivity index (χ1) is 14.1. The summed E-state index contributed by atoms with van der Waals surface area (Å²) < 4.78 is 27.6. The molecule has 0 saturated carbocycles. The van der Waals surface area contributed by atoms with Gasteiger partial charge in [-0.15, -0.1) is 0 Å². The van der Waals surface area contributed by atoms with Gasteiger partial charge in [-0.2, -0.15) is 0 Å². The van der Waals surface area contributed by atoms with E-state index in [4.69, 9.17) is 0 Å². The molecule has 0 unspecified atom stereocenters. The average Bonchev–Trinajstić information content (AvgIpc) is 2.76. The number of pyridine rings is 1. The first-order valence-corrected chi connectivity index (χ1v) is 9.34. The molecule has 0 bridgehead atoms. The van der Waals surface area contributed by atoms with Crippen LogP contribution in [-0.4, -0.2) is 39.0 Å². The van der Waals surface area contributed by atoms with Gasteiger partial charge in [-0.3, -0.25) is 4.98 Å². The Labute approximate surface area is 166 Å². The first kappa shape index (κ1) is 18.9. The Morgan fingerprint density at radius 2 is 1.93 bits per heavy atom. The smallest absolute Gasteiger partial charge is 0.321 e. The molecule has 0 spiro atoms. The maximum absolute atomic E-state index is 14.1. The van der Waals surface area contributed by atoms with Gasteiger partial charge in [0.15, 0.2) is 11.6 Å². The number of nitrogens with one attached hydrogen (secondary N) is 1. The van der Waals surface area contributed by atoms with Crippen LogP contribution >= 0.6 is 0 Å². The molecule has 1 fully saturated rings. The number of hydrogen-bond acceptors (Lipinski definition) is 4. The van der Waals surface area contributed by atoms with E-state index in [-0.39, 0.29) is 17.5 Å². The number of halogens is 2. The number of amides is 2. The molecule has 0 atom stereocenters. The van der Waals surface area contributed by atoms with Crippen LogP contribution < -0.4 is 5.32 Å². The largest absolute Gasteiger partial charge is 0.324 e. The van der Waals surface area contributed by atoms with Crippen molar-refractivity contribution in [2.45, 2.75) is 18.8 Å². The maximum atomic E-state index is 14.1. The van der Waals surface area contributed by atoms with Crippen LogP contribution in [0.2, 0.25) is 0 Å². The Morgan fingerprint density at radius 1 is 1.10 bits per heavy atom. The third kappa shape index (κ3) is 4.21. The van der Waals surface area contributed by atoms with Crippen molar-refractivity contribution >= 4 is 11.7 Å². The quantitative estimate of drug-likeness (QED) is 0.721. The fourth-order valence-corrected chi connectivity index (χ4v) is 3.46. The van der Waals surface area contributed by atoms with Crippen molar-refractivity contribution in [2.75, 3.05) is 18.4 Å². The van der Waals surface area contributed by atoms with Crippen LogP contribution in [0, 0.1) is 11.6 Å². The molecule has 2 aromatic heterocycles. The number of benzene rings is 1. The second kappa shape index (κ2) is 8.30. The van der Waals surface area contributed by atoms with E-state index < -0.39 is 11.6 Å². The lowest BCUT2D eigenvalue weighted by Crippen LogP contribution is -2.40. The van der Waals surface area contributed by atoms with Gasteiger partial charge in [-0.05, 0) is 43.2 Å². The predicted molar refractivity (Wildman–Crippen MR) is 104 cm³/mol. The number of carbonyl (C=O) groups excluding carboxylic acids is 1. The topological polar surface area (TPSA) is 71.0 Å². The van der Waals surface area contributed by atoms with Gasteiger partial charge >= 0.3 is 6.03 Å². The monoisotopic (exact) mass is 395 g/mol. The number of aromatic nitrogens is 3. The summed E-state index contributed by atoms with van der Waals surface area (Å²) in [4.78, 5) is 26.6. The number of anilines is 1. The van der Waals surface area contributed by atoms with Gasteiger partial charge in [-0.25, -0.2) is 23.5 Å². The van der Waals surface area contributed by atoms with Gasteiger partial charge in [0.05, 0.1) is 17.6 Å². The van der Waals surface area contributed by atoms with Gasteiger partial charge in [0.1, 0.15) is 6.33 Å². The Kier molecular flexibility index (Phi) is 5.41. The summed E-state index contributed by atoms with van der Waals surface area (Å²) in [7, 11) is 0. The second-order valence-electron chi connectivity index (χ2n) is 6.86. The van der Waals surface area contributed by atoms with Gasteiger partial charge < -0.3 is 10.2 Å². The van der Waals surface area contributed by atoms with E-state index in [1.54, 1.807) is 35.5 Å². The first-order valence-electron chi connectivity index (χ1n) is 9.34. The van der Waals surface area contributed by atoms with Crippen molar-refractivity contribution < 1.29 is 13.6 Å². The fraction of sp³-hybridized carbons (Fsp3) is 0.238. The normalized spacial score (nSPS) is 14.6. The van der Waals surface area contributed by atoms with E-state index in [1.807, 2.05) is 0 Å². The molecule has 6 nitrogen and oxygen atoms in total. The molecule has 1 N–H and O–H groups in total. The van der Waals surface area contributed by atoms with Crippen LogP contribution in [0.1, 0.15) is 24.5 Å². The molecule has 3 heterocycles. The van der Waals surface area contributed by atoms with Gasteiger partial charge in [0.25, 0.3) is 0 Å². The third-order valence-corrected chi connectivity index (χ3v) is 5.03. The minimum Gasteiger partial charge on any atom is -0.324 e. The maximum Gasteiger partial charge on any atom is 0.321 e. The third-order valence-electron chi connectivity index (χ3n) is 5.03. The molecular weight excluding hydrogens is 376 g/mol. The predicted octanol–water partition coefficient (Wildman–Crippen LogP) is 4.23. The van der Waals surface area contributed by atoms with Crippen LogP contribution in [0.5, 0.6) is 0 Å². The van der Waals surface area contributed by atoms with Crippen molar-refractivity contribution in [2.24, 2.45) is 0 Å². The summed E-state index contributed by atoms with van der Waals surface area (Å²) in [5.41, 5.74) is 1.88. The van der Waals surface area contributed by atoms with Crippen molar-refractivity contribution in [3.05, 3.63) is 72.4 Å². The number of urea groups is 1. The highest BCUT2D eigenvalue weighted by atomic mass is 19.2. The fourth-order valence-electron chi connectivity index (χ4n) is 3.46. The van der Waals surface area contributed by atoms with Crippen LogP contribution in [0.4, 0.5) is 19.3 Å². The van der Waals surface area contributed by atoms with Gasteiger partial charge in [0.2, 0.25) is 0 Å². The van der Waals surface area contributed by atoms with Crippen LogP contribution in [-0.2, 0) is 0 Å². The molecule has 0 radical (unpaired) electrons. The number of nitrogens with zero attached hydrogens (tertiary/aromatic N) is 4. The molecular formula is C21H19F2N5O. The van der Waals surface area contributed by atoms with Crippen molar-refractivity contribution in [1.29, 1.82) is 0 Å². The summed E-state index contributed by atoms with van der Waals surface area (Å²) in [5, 5.41) is 2.83. The van der Waals surface area contributed by atoms with E-state index in [1.165, 1.54) is 18.5 Å². The van der Waals surface area contributed by atoms with Gasteiger partial charge in [-0.1, -0.05) is 6.07 Å². The minimum atomic E-state index is -0.918. The lowest BCUT2D eigenvalue weighted by atomic mass is 9.92. The van der Waals surface area contributed by atoms with Gasteiger partial charge in [0, 0.05) is 36.5 Å². The number of likely N-dealkylation sites (tertiary alicyclic amines) is 1. The zero-order valence-electron chi connectivity index (χ0n) is 15.6. The Morgan fingerprint density at radius 3 is 2.69 bits per heavy atom. The van der Waals surface area contributed by atoms with Crippen LogP contribution in [0.25, 0.3) is 11.3 Å². The molecule has 1 aliphatic heterocycles. The van der Waals surface area contributed by atoms with Crippen LogP contribution in [0.15, 0.2) is 55.1 Å². The molecule has 4 rings (SSSR count). The number of piperidine rings is 1. The van der Waals surface area contributed by atoms with E-state index in [2.05, 4.69) is 20.3 Å². The minimum absolute atomic E-state index is 0.113. The molecule has 1 aromatic carbocycles. The molecule has 8 heteroatoms. The molecule has 0 aliphatic carbocycles. The van der Waals surface area contributed by atoms with Crippen molar-refractivity contribution in [3.8, 4) is 11.3 Å². The lowest BCUT2D eigenvalue weighted by Gasteiger charge is -2.31. The molecule has 148 valence electrons. The highest BCUT2D eigenvalue weighted by Crippen LogP contribution is 2.30. The highest BCUT2D eigenvalue weighted by Gasteiger charge is 2.25. The summed E-state index contributed by atoms with van der Waals surface area (Å²) >= 11 is 0. The second-order valence-corrected chi connectivity index (χ2v) is 6.86. The van der Waals surface area contributed by atoms with E-state index in [0.29, 0.717) is 24.5 Å². The van der Waals surface area contributed by atoms with E-state index >= 15 is 0 Å². The zero-order valence-corrected chi connectivity index (χ0v) is 15.6. The molecule has 3 aromatic rings. The van der Waals surface area contributed by atoms with E-state index in [0.717, 1.165) is 24.6 Å². The van der Waals surface area contributed by atoms with Crippen molar-refractivity contribution in [1.82, 2.24) is 19.9 Å². The summed E-state index contributed by atoms with van der Waals surface area (Å²) in [6, 6.07) is 9.11. The SMILES string of the molecule is O=C(Nc1cccnc1)N1CCC(c2cc(-c3cccc(F)c3F)ncn2)CC1. The summed E-state index contributed by atoms with van der Waals surface area (Å²) in [5.74, 6) is -1.70. The number of carbonyl (C=O) groups is 1. The molecule has 1 saturated heterocycles. The summed E-state index contributed by atoms with van der Waals surface area (Å²) in [6.45, 7) is 1.15. The zero-order chi connectivity index (χ0) is 20.2. The highest BCUT2D eigenvalue weighted by molar-refractivity contribution is 5.89. The lowest BCUT2D eigenvalue weighted by molar-refractivity contribution is 0.194. The van der Waals surface area contributed by atoms with Crippen molar-refractivity contribution in [3.63, 3.8) is 0 Å². The number of hydrogen-bond donors (Lipinski definition) is 1. The Hall–Kier alpha value is -3.42. The molecule has 2 amide bonds. The molecule has 1 aliphatic rings. The van der Waals surface area contributed by atoms with E-state index in [9.17, 15) is 13.6 Å². The Bertz CT molecular complexity index is 1010.